The lowest BCUT2D eigenvalue weighted by Crippen LogP contribution is -2.51. The summed E-state index contributed by atoms with van der Waals surface area (Å²) in [5.41, 5.74) is 1.10. The number of benzene rings is 1. The van der Waals surface area contributed by atoms with Crippen LogP contribution in [0.15, 0.2) is 35.3 Å². The molecule has 0 aromatic heterocycles. The molecule has 2 N–H and O–H groups in total. The lowest BCUT2D eigenvalue weighted by atomic mass is 9.98. The zero-order valence-electron chi connectivity index (χ0n) is 18.0. The standard InChI is InChI=1S/C22H36N4O2S/c1-4-19(5-2)21(27)26-14-11-20(12-15-26)25-22(23-3)24-13-16-29(28)17-18-9-7-6-8-10-18/h6-10,19-20H,4-5,11-17H2,1-3H3,(H2,23,24,25). The van der Waals surface area contributed by atoms with Crippen molar-refractivity contribution in [2.45, 2.75) is 51.3 Å². The summed E-state index contributed by atoms with van der Waals surface area (Å²) in [5.74, 6) is 2.37. The third-order valence-electron chi connectivity index (χ3n) is 5.50. The molecule has 6 nitrogen and oxygen atoms in total. The van der Waals surface area contributed by atoms with Crippen LogP contribution < -0.4 is 10.6 Å². The first-order valence-corrected chi connectivity index (χ1v) is 12.2. The number of hydrogen-bond donors (Lipinski definition) is 2. The van der Waals surface area contributed by atoms with Gasteiger partial charge in [0.05, 0.1) is 0 Å². The molecule has 1 amide bonds. The highest BCUT2D eigenvalue weighted by Crippen LogP contribution is 2.17. The second kappa shape index (κ2) is 12.6. The maximum absolute atomic E-state index is 12.5. The molecule has 7 heteroatoms. The Labute approximate surface area is 178 Å². The predicted molar refractivity (Wildman–Crippen MR) is 121 cm³/mol. The third kappa shape index (κ3) is 7.80. The maximum Gasteiger partial charge on any atom is 0.225 e. The van der Waals surface area contributed by atoms with Crippen LogP contribution in [0, 0.1) is 5.92 Å². The van der Waals surface area contributed by atoms with Gasteiger partial charge in [-0.1, -0.05) is 44.2 Å². The minimum Gasteiger partial charge on any atom is -0.355 e. The lowest BCUT2D eigenvalue weighted by molar-refractivity contribution is -0.136. The van der Waals surface area contributed by atoms with Gasteiger partial charge in [-0.2, -0.15) is 0 Å². The van der Waals surface area contributed by atoms with Gasteiger partial charge in [-0.3, -0.25) is 14.0 Å². The Balaban J connectivity index is 1.69. The van der Waals surface area contributed by atoms with Crippen molar-refractivity contribution in [1.29, 1.82) is 0 Å². The predicted octanol–water partition coefficient (Wildman–Crippen LogP) is 2.53. The molecule has 1 aliphatic rings. The minimum atomic E-state index is -0.902. The first-order valence-electron chi connectivity index (χ1n) is 10.7. The number of nitrogens with one attached hydrogen (secondary N) is 2. The zero-order valence-corrected chi connectivity index (χ0v) is 18.8. The summed E-state index contributed by atoms with van der Waals surface area (Å²) in [6, 6.07) is 10.2. The molecule has 1 atom stereocenters. The second-order valence-electron chi connectivity index (χ2n) is 7.53. The van der Waals surface area contributed by atoms with Crippen molar-refractivity contribution in [2.75, 3.05) is 32.4 Å². The molecule has 162 valence electrons. The van der Waals surface area contributed by atoms with Crippen LogP contribution in [0.3, 0.4) is 0 Å². The summed E-state index contributed by atoms with van der Waals surface area (Å²) in [5, 5.41) is 6.72. The van der Waals surface area contributed by atoms with Gasteiger partial charge < -0.3 is 15.5 Å². The van der Waals surface area contributed by atoms with E-state index in [1.54, 1.807) is 7.05 Å². The van der Waals surface area contributed by atoms with Crippen molar-refractivity contribution in [3.8, 4) is 0 Å². The summed E-state index contributed by atoms with van der Waals surface area (Å²) in [6.07, 6.45) is 3.67. The van der Waals surface area contributed by atoms with Crippen molar-refractivity contribution in [2.24, 2.45) is 10.9 Å². The van der Waals surface area contributed by atoms with Crippen molar-refractivity contribution in [3.63, 3.8) is 0 Å². The molecular formula is C22H36N4O2S. The van der Waals surface area contributed by atoms with Gasteiger partial charge in [0.2, 0.25) is 5.91 Å². The van der Waals surface area contributed by atoms with E-state index < -0.39 is 10.8 Å². The molecule has 1 aromatic rings. The van der Waals surface area contributed by atoms with Crippen molar-refractivity contribution >= 4 is 22.7 Å². The van der Waals surface area contributed by atoms with Crippen LogP contribution in [-0.2, 0) is 21.3 Å². The van der Waals surface area contributed by atoms with Crippen molar-refractivity contribution in [3.05, 3.63) is 35.9 Å². The fourth-order valence-electron chi connectivity index (χ4n) is 3.64. The number of guanidine groups is 1. The van der Waals surface area contributed by atoms with Crippen LogP contribution in [0.1, 0.15) is 45.1 Å². The fourth-order valence-corrected chi connectivity index (χ4v) is 4.68. The van der Waals surface area contributed by atoms with E-state index >= 15 is 0 Å². The Morgan fingerprint density at radius 1 is 1.21 bits per heavy atom. The summed E-state index contributed by atoms with van der Waals surface area (Å²) >= 11 is 0. The van der Waals surface area contributed by atoms with Gasteiger partial charge in [0.15, 0.2) is 5.96 Å². The van der Waals surface area contributed by atoms with E-state index in [2.05, 4.69) is 29.5 Å². The van der Waals surface area contributed by atoms with E-state index in [1.807, 2.05) is 35.2 Å². The molecule has 0 bridgehead atoms. The zero-order chi connectivity index (χ0) is 21.1. The number of hydrogen-bond acceptors (Lipinski definition) is 3. The first kappa shape index (κ1) is 23.4. The molecule has 1 fully saturated rings. The van der Waals surface area contributed by atoms with E-state index in [0.29, 0.717) is 30.0 Å². The average Bonchev–Trinajstić information content (AvgIpc) is 2.75. The van der Waals surface area contributed by atoms with Crippen LogP contribution in [0.5, 0.6) is 0 Å². The van der Waals surface area contributed by atoms with E-state index in [0.717, 1.165) is 50.3 Å². The van der Waals surface area contributed by atoms with Gasteiger partial charge in [0, 0.05) is 60.9 Å². The highest BCUT2D eigenvalue weighted by molar-refractivity contribution is 7.84. The van der Waals surface area contributed by atoms with Gasteiger partial charge in [0.25, 0.3) is 0 Å². The van der Waals surface area contributed by atoms with Crippen LogP contribution in [0.25, 0.3) is 0 Å². The molecule has 0 radical (unpaired) electrons. The summed E-state index contributed by atoms with van der Waals surface area (Å²) in [6.45, 7) is 6.38. The third-order valence-corrected chi connectivity index (χ3v) is 6.81. The molecular weight excluding hydrogens is 384 g/mol. The van der Waals surface area contributed by atoms with E-state index in [1.165, 1.54) is 0 Å². The SMILES string of the molecule is CCC(CC)C(=O)N1CCC(NC(=NC)NCCS(=O)Cc2ccccc2)CC1. The Bertz CT molecular complexity index is 669. The largest absolute Gasteiger partial charge is 0.355 e. The quantitative estimate of drug-likeness (QED) is 0.476. The van der Waals surface area contributed by atoms with Crippen LogP contribution >= 0.6 is 0 Å². The topological polar surface area (TPSA) is 73.8 Å². The van der Waals surface area contributed by atoms with Gasteiger partial charge >= 0.3 is 0 Å². The highest BCUT2D eigenvalue weighted by atomic mass is 32.2. The summed E-state index contributed by atoms with van der Waals surface area (Å²) < 4.78 is 12.3. The monoisotopic (exact) mass is 420 g/mol. The van der Waals surface area contributed by atoms with Gasteiger partial charge in [-0.05, 0) is 31.2 Å². The second-order valence-corrected chi connectivity index (χ2v) is 9.11. The van der Waals surface area contributed by atoms with Crippen LogP contribution in [0.4, 0.5) is 0 Å². The molecule has 1 heterocycles. The van der Waals surface area contributed by atoms with E-state index in [4.69, 9.17) is 0 Å². The molecule has 1 saturated heterocycles. The number of nitrogens with zero attached hydrogens (tertiary/aromatic N) is 2. The smallest absolute Gasteiger partial charge is 0.225 e. The van der Waals surface area contributed by atoms with Gasteiger partial charge in [-0.15, -0.1) is 0 Å². The lowest BCUT2D eigenvalue weighted by Gasteiger charge is -2.34. The Hall–Kier alpha value is -1.89. The van der Waals surface area contributed by atoms with E-state index in [-0.39, 0.29) is 5.92 Å². The fraction of sp³-hybridized carbons (Fsp3) is 0.636. The summed E-state index contributed by atoms with van der Waals surface area (Å²) in [4.78, 5) is 18.8. The molecule has 1 aliphatic heterocycles. The Morgan fingerprint density at radius 2 is 1.86 bits per heavy atom. The summed E-state index contributed by atoms with van der Waals surface area (Å²) in [7, 11) is 0.850. The molecule has 0 spiro atoms. The molecule has 29 heavy (non-hydrogen) atoms. The number of piperidine rings is 1. The molecule has 1 unspecified atom stereocenters. The molecule has 0 saturated carbocycles. The molecule has 1 aromatic carbocycles. The normalized spacial score (nSPS) is 16.7. The Kier molecular flexibility index (Phi) is 10.2. The van der Waals surface area contributed by atoms with E-state index in [9.17, 15) is 9.00 Å². The average molecular weight is 421 g/mol. The van der Waals surface area contributed by atoms with Crippen LogP contribution in [0.2, 0.25) is 0 Å². The molecule has 0 aliphatic carbocycles. The number of carbonyl (C=O) groups excluding carboxylic acids is 1. The van der Waals surface area contributed by atoms with Gasteiger partial charge in [0.1, 0.15) is 0 Å². The van der Waals surface area contributed by atoms with Crippen molar-refractivity contribution in [1.82, 2.24) is 15.5 Å². The maximum atomic E-state index is 12.5. The highest BCUT2D eigenvalue weighted by Gasteiger charge is 2.26. The first-order chi connectivity index (χ1) is 14.1. The minimum absolute atomic E-state index is 0.158. The van der Waals surface area contributed by atoms with Crippen LogP contribution in [-0.4, -0.2) is 59.5 Å². The Morgan fingerprint density at radius 3 is 2.45 bits per heavy atom. The number of carbonyl (C=O) groups is 1. The number of aliphatic imine (C=N–C) groups is 1. The molecule has 2 rings (SSSR count). The number of amides is 1. The van der Waals surface area contributed by atoms with Crippen molar-refractivity contribution < 1.29 is 9.00 Å². The van der Waals surface area contributed by atoms with Gasteiger partial charge in [-0.25, -0.2) is 0 Å². The number of likely N-dealkylation sites (tertiary alicyclic amines) is 1. The number of rotatable bonds is 9.